The van der Waals surface area contributed by atoms with Gasteiger partial charge in [-0.15, -0.1) is 24.0 Å². The third-order valence-electron chi connectivity index (χ3n) is 4.22. The average Bonchev–Trinajstić information content (AvgIpc) is 2.49. The van der Waals surface area contributed by atoms with E-state index in [-0.39, 0.29) is 29.4 Å². The Hall–Kier alpha value is -0.0800. The van der Waals surface area contributed by atoms with Gasteiger partial charge < -0.3 is 20.3 Å². The zero-order valence-electron chi connectivity index (χ0n) is 16.4. The van der Waals surface area contributed by atoms with Gasteiger partial charge in [0, 0.05) is 33.3 Å². The van der Waals surface area contributed by atoms with Crippen LogP contribution >= 0.6 is 24.0 Å². The number of hydrogen-bond acceptors (Lipinski definition) is 3. The normalized spacial score (nSPS) is 16.8. The summed E-state index contributed by atoms with van der Waals surface area (Å²) in [5.41, 5.74) is 0.214. The Morgan fingerprint density at radius 1 is 1.17 bits per heavy atom. The lowest BCUT2D eigenvalue weighted by atomic mass is 9.93. The molecular weight excluding hydrogens is 415 g/mol. The smallest absolute Gasteiger partial charge is 0.190 e. The lowest BCUT2D eigenvalue weighted by molar-refractivity contribution is 0.0277. The summed E-state index contributed by atoms with van der Waals surface area (Å²) in [6.45, 7) is 8.24. The quantitative estimate of drug-likeness (QED) is 0.243. The summed E-state index contributed by atoms with van der Waals surface area (Å²) in [5.74, 6) is 0.884. The van der Waals surface area contributed by atoms with Gasteiger partial charge in [-0.05, 0) is 38.8 Å². The molecule has 0 aliphatic heterocycles. The summed E-state index contributed by atoms with van der Waals surface area (Å²) in [6, 6.07) is 0. The predicted octanol–water partition coefficient (Wildman–Crippen LogP) is 3.10. The Bertz CT molecular complexity index is 342. The minimum absolute atomic E-state index is 0. The Balaban J connectivity index is 0.00000529. The number of ether oxygens (including phenoxy) is 1. The minimum atomic E-state index is 0. The zero-order valence-corrected chi connectivity index (χ0v) is 18.7. The van der Waals surface area contributed by atoms with Gasteiger partial charge in [0.1, 0.15) is 0 Å². The first kappa shape index (κ1) is 23.9. The molecule has 0 unspecified atom stereocenters. The van der Waals surface area contributed by atoms with Crippen LogP contribution in [0.4, 0.5) is 0 Å². The van der Waals surface area contributed by atoms with Gasteiger partial charge in [-0.2, -0.15) is 0 Å². The molecule has 0 saturated heterocycles. The maximum Gasteiger partial charge on any atom is 0.190 e. The first-order valence-corrected chi connectivity index (χ1v) is 9.14. The van der Waals surface area contributed by atoms with Crippen molar-refractivity contribution >= 4 is 29.9 Å². The highest BCUT2D eigenvalue weighted by Gasteiger charge is 2.19. The molecule has 1 rings (SSSR count). The molecule has 0 radical (unpaired) electrons. The number of nitrogens with zero attached hydrogens (tertiary/aromatic N) is 2. The molecular formula is C18H39IN4O. The summed E-state index contributed by atoms with van der Waals surface area (Å²) in [5, 5.41) is 6.81. The van der Waals surface area contributed by atoms with E-state index in [9.17, 15) is 0 Å². The molecule has 0 heterocycles. The Morgan fingerprint density at radius 3 is 2.42 bits per heavy atom. The van der Waals surface area contributed by atoms with E-state index >= 15 is 0 Å². The fraction of sp³-hybridized carbons (Fsp3) is 0.944. The first-order chi connectivity index (χ1) is 10.9. The second-order valence-electron chi connectivity index (χ2n) is 7.74. The molecule has 0 aromatic rings. The summed E-state index contributed by atoms with van der Waals surface area (Å²) in [7, 11) is 6.05. The van der Waals surface area contributed by atoms with Crippen LogP contribution in [0.5, 0.6) is 0 Å². The van der Waals surface area contributed by atoms with E-state index in [1.165, 1.54) is 32.1 Å². The van der Waals surface area contributed by atoms with Crippen LogP contribution in [0.3, 0.4) is 0 Å². The third kappa shape index (κ3) is 11.5. The summed E-state index contributed by atoms with van der Waals surface area (Å²) in [4.78, 5) is 6.52. The molecule has 0 aromatic carbocycles. The van der Waals surface area contributed by atoms with Crippen molar-refractivity contribution in [3.63, 3.8) is 0 Å². The van der Waals surface area contributed by atoms with Crippen LogP contribution in [-0.4, -0.2) is 64.3 Å². The van der Waals surface area contributed by atoms with Gasteiger partial charge in [-0.1, -0.05) is 33.1 Å². The Kier molecular flexibility index (Phi) is 13.1. The fourth-order valence-corrected chi connectivity index (χ4v) is 3.22. The molecule has 6 heteroatoms. The van der Waals surface area contributed by atoms with Crippen molar-refractivity contribution in [2.45, 2.75) is 58.5 Å². The second kappa shape index (κ2) is 13.2. The molecule has 1 fully saturated rings. The van der Waals surface area contributed by atoms with Crippen molar-refractivity contribution in [1.82, 2.24) is 15.5 Å². The number of hydrogen-bond donors (Lipinski definition) is 2. The highest BCUT2D eigenvalue weighted by molar-refractivity contribution is 14.0. The topological polar surface area (TPSA) is 48.9 Å². The van der Waals surface area contributed by atoms with Gasteiger partial charge in [0.15, 0.2) is 5.96 Å². The first-order valence-electron chi connectivity index (χ1n) is 9.14. The maximum atomic E-state index is 5.95. The highest BCUT2D eigenvalue weighted by atomic mass is 127. The van der Waals surface area contributed by atoms with Crippen molar-refractivity contribution in [1.29, 1.82) is 0 Å². The molecule has 0 amide bonds. The number of nitrogens with one attached hydrogen (secondary N) is 2. The van der Waals surface area contributed by atoms with Gasteiger partial charge in [-0.25, -0.2) is 0 Å². The number of halogens is 1. The van der Waals surface area contributed by atoms with Crippen molar-refractivity contribution in [3.8, 4) is 0 Å². The van der Waals surface area contributed by atoms with Crippen LogP contribution in [0.15, 0.2) is 4.99 Å². The largest absolute Gasteiger partial charge is 0.378 e. The van der Waals surface area contributed by atoms with Crippen LogP contribution in [0.25, 0.3) is 0 Å². The molecule has 1 saturated carbocycles. The van der Waals surface area contributed by atoms with E-state index in [1.807, 2.05) is 7.05 Å². The van der Waals surface area contributed by atoms with E-state index in [1.54, 1.807) is 0 Å². The monoisotopic (exact) mass is 454 g/mol. The van der Waals surface area contributed by atoms with Gasteiger partial charge in [0.2, 0.25) is 0 Å². The molecule has 1 aliphatic carbocycles. The zero-order chi connectivity index (χ0) is 17.1. The van der Waals surface area contributed by atoms with E-state index in [4.69, 9.17) is 4.74 Å². The second-order valence-corrected chi connectivity index (χ2v) is 7.74. The van der Waals surface area contributed by atoms with Crippen LogP contribution in [-0.2, 0) is 4.74 Å². The molecule has 0 atom stereocenters. The number of aliphatic imine (C=N–C) groups is 1. The standard InChI is InChI=1S/C18H38N4O.HI/c1-18(2,15-22(4)5)14-21-17(19-3)20-12-9-13-23-16-10-7-6-8-11-16;/h16H,6-15H2,1-5H3,(H2,19,20,21);1H. The summed E-state index contributed by atoms with van der Waals surface area (Å²) < 4.78 is 5.95. The molecule has 144 valence electrons. The maximum absolute atomic E-state index is 5.95. The molecule has 0 bridgehead atoms. The van der Waals surface area contributed by atoms with Gasteiger partial charge in [0.25, 0.3) is 0 Å². The fourth-order valence-electron chi connectivity index (χ4n) is 3.22. The SMILES string of the molecule is CN=C(NCCCOC1CCCCC1)NCC(C)(C)CN(C)C.I. The minimum Gasteiger partial charge on any atom is -0.378 e. The molecule has 0 spiro atoms. The van der Waals surface area contributed by atoms with Crippen molar-refractivity contribution in [2.75, 3.05) is 47.4 Å². The van der Waals surface area contributed by atoms with Crippen LogP contribution in [0.2, 0.25) is 0 Å². The Morgan fingerprint density at radius 2 is 1.83 bits per heavy atom. The molecule has 1 aliphatic rings. The van der Waals surface area contributed by atoms with Gasteiger partial charge >= 0.3 is 0 Å². The lowest BCUT2D eigenvalue weighted by Crippen LogP contribution is -2.45. The molecule has 5 nitrogen and oxygen atoms in total. The number of rotatable bonds is 9. The van der Waals surface area contributed by atoms with E-state index in [0.29, 0.717) is 6.10 Å². The van der Waals surface area contributed by atoms with E-state index in [2.05, 4.69) is 48.5 Å². The predicted molar refractivity (Wildman–Crippen MR) is 115 cm³/mol. The van der Waals surface area contributed by atoms with Crippen LogP contribution in [0.1, 0.15) is 52.4 Å². The van der Waals surface area contributed by atoms with Crippen LogP contribution in [0, 0.1) is 5.41 Å². The van der Waals surface area contributed by atoms with Crippen molar-refractivity contribution < 1.29 is 4.74 Å². The summed E-state index contributed by atoms with van der Waals surface area (Å²) >= 11 is 0. The molecule has 2 N–H and O–H groups in total. The number of guanidine groups is 1. The molecule has 24 heavy (non-hydrogen) atoms. The highest BCUT2D eigenvalue weighted by Crippen LogP contribution is 2.20. The summed E-state index contributed by atoms with van der Waals surface area (Å²) in [6.07, 6.45) is 8.08. The average molecular weight is 454 g/mol. The van der Waals surface area contributed by atoms with Crippen molar-refractivity contribution in [2.24, 2.45) is 10.4 Å². The van der Waals surface area contributed by atoms with Crippen molar-refractivity contribution in [3.05, 3.63) is 0 Å². The lowest BCUT2D eigenvalue weighted by Gasteiger charge is -2.29. The van der Waals surface area contributed by atoms with E-state index in [0.717, 1.165) is 38.6 Å². The Labute approximate surface area is 166 Å². The van der Waals surface area contributed by atoms with Crippen LogP contribution < -0.4 is 10.6 Å². The molecule has 0 aromatic heterocycles. The van der Waals surface area contributed by atoms with Gasteiger partial charge in [-0.3, -0.25) is 4.99 Å². The van der Waals surface area contributed by atoms with Gasteiger partial charge in [0.05, 0.1) is 6.10 Å². The van der Waals surface area contributed by atoms with E-state index < -0.39 is 0 Å². The third-order valence-corrected chi connectivity index (χ3v) is 4.22.